The van der Waals surface area contributed by atoms with Gasteiger partial charge in [0.1, 0.15) is 18.8 Å². The van der Waals surface area contributed by atoms with Gasteiger partial charge in [0.05, 0.1) is 18.8 Å². The topological polar surface area (TPSA) is 141 Å². The van der Waals surface area contributed by atoms with Crippen LogP contribution in [0, 0.1) is 0 Å². The largest absolute Gasteiger partial charge is 0.462 e. The van der Waals surface area contributed by atoms with Gasteiger partial charge in [-0.05, 0) is 18.1 Å². The maximum absolute atomic E-state index is 13.8. The summed E-state index contributed by atoms with van der Waals surface area (Å²) in [6.07, 6.45) is -3.02. The molecule has 216 valence electrons. The summed E-state index contributed by atoms with van der Waals surface area (Å²) in [5, 5.41) is 0. The quantitative estimate of drug-likeness (QED) is 0.200. The molecule has 1 aromatic carbocycles. The molecule has 1 aromatic rings. The van der Waals surface area contributed by atoms with Gasteiger partial charge < -0.3 is 28.4 Å². The van der Waals surface area contributed by atoms with Crippen molar-refractivity contribution in [3.63, 3.8) is 0 Å². The molecule has 2 aliphatic heterocycles. The van der Waals surface area contributed by atoms with E-state index < -0.39 is 72.2 Å². The van der Waals surface area contributed by atoms with Crippen molar-refractivity contribution in [2.75, 3.05) is 6.61 Å². The first kappa shape index (κ1) is 30.9. The summed E-state index contributed by atoms with van der Waals surface area (Å²) in [4.78, 5) is 61.8. The molecule has 1 saturated heterocycles. The van der Waals surface area contributed by atoms with E-state index in [1.807, 2.05) is 30.3 Å². The average molecular weight is 559 g/mol. The first-order valence-electron chi connectivity index (χ1n) is 12.9. The third-order valence-electron chi connectivity index (χ3n) is 6.17. The molecule has 0 N–H and O–H groups in total. The maximum Gasteiger partial charge on any atom is 0.303 e. The molecule has 0 saturated carbocycles. The summed E-state index contributed by atoms with van der Waals surface area (Å²) >= 11 is 0. The SMILES string of the molecule is C=CC[C@@H]1C=CC(=O)[C@@H]([C@@H](OC(C)=O)[C@@H]2OC(CC(COC(C)=O)OC(C)=O)[C@H](OCc3ccccc3)C2=O)O1. The van der Waals surface area contributed by atoms with E-state index in [1.54, 1.807) is 12.2 Å². The highest BCUT2D eigenvalue weighted by Crippen LogP contribution is 2.32. The molecule has 7 atom stereocenters. The van der Waals surface area contributed by atoms with Gasteiger partial charge in [0.15, 0.2) is 29.9 Å². The van der Waals surface area contributed by atoms with Crippen LogP contribution in [0.4, 0.5) is 0 Å². The van der Waals surface area contributed by atoms with E-state index >= 15 is 0 Å². The van der Waals surface area contributed by atoms with Crippen molar-refractivity contribution in [1.29, 1.82) is 0 Å². The number of esters is 3. The minimum absolute atomic E-state index is 0.0489. The van der Waals surface area contributed by atoms with E-state index in [0.717, 1.165) is 12.5 Å². The molecule has 0 radical (unpaired) electrons. The lowest BCUT2D eigenvalue weighted by Crippen LogP contribution is -2.51. The van der Waals surface area contributed by atoms with E-state index in [-0.39, 0.29) is 19.6 Å². The first-order valence-corrected chi connectivity index (χ1v) is 12.9. The molecule has 11 heteroatoms. The zero-order chi connectivity index (χ0) is 29.2. The number of ketones is 2. The molecule has 0 aromatic heterocycles. The fourth-order valence-corrected chi connectivity index (χ4v) is 4.50. The van der Waals surface area contributed by atoms with Crippen molar-refractivity contribution in [2.45, 2.75) is 82.9 Å². The highest BCUT2D eigenvalue weighted by Gasteiger charge is 2.53. The van der Waals surface area contributed by atoms with Gasteiger partial charge in [0, 0.05) is 27.2 Å². The number of hydrogen-bond donors (Lipinski definition) is 0. The zero-order valence-electron chi connectivity index (χ0n) is 22.7. The summed E-state index contributed by atoms with van der Waals surface area (Å²) in [5.74, 6) is -3.03. The van der Waals surface area contributed by atoms with Crippen LogP contribution in [-0.4, -0.2) is 78.8 Å². The predicted octanol–water partition coefficient (Wildman–Crippen LogP) is 2.19. The first-order chi connectivity index (χ1) is 19.1. The molecule has 3 rings (SSSR count). The summed E-state index contributed by atoms with van der Waals surface area (Å²) in [7, 11) is 0. The minimum Gasteiger partial charge on any atom is -0.462 e. The second kappa shape index (κ2) is 14.6. The Morgan fingerprint density at radius 3 is 2.30 bits per heavy atom. The van der Waals surface area contributed by atoms with Crippen LogP contribution < -0.4 is 0 Å². The van der Waals surface area contributed by atoms with Gasteiger partial charge in [0.25, 0.3) is 0 Å². The summed E-state index contributed by atoms with van der Waals surface area (Å²) in [6.45, 7) is 7.00. The smallest absolute Gasteiger partial charge is 0.303 e. The maximum atomic E-state index is 13.8. The number of rotatable bonds is 13. The third kappa shape index (κ3) is 8.67. The molecule has 2 aliphatic rings. The van der Waals surface area contributed by atoms with E-state index in [2.05, 4.69) is 6.58 Å². The van der Waals surface area contributed by atoms with Gasteiger partial charge >= 0.3 is 17.9 Å². The van der Waals surface area contributed by atoms with Crippen LogP contribution in [0.25, 0.3) is 0 Å². The summed E-state index contributed by atoms with van der Waals surface area (Å²) < 4.78 is 33.7. The highest BCUT2D eigenvalue weighted by atomic mass is 16.6. The number of benzene rings is 1. The number of hydrogen-bond acceptors (Lipinski definition) is 11. The van der Waals surface area contributed by atoms with Gasteiger partial charge in [-0.25, -0.2) is 0 Å². The number of carbonyl (C=O) groups excluding carboxylic acids is 5. The molecule has 0 aliphatic carbocycles. The predicted molar refractivity (Wildman–Crippen MR) is 139 cm³/mol. The molecule has 1 fully saturated rings. The molecule has 2 unspecified atom stereocenters. The number of Topliss-reactive ketones (excluding diaryl/α,β-unsaturated/α-hetero) is 1. The number of ether oxygens (including phenoxy) is 6. The van der Waals surface area contributed by atoms with Crippen molar-refractivity contribution in [1.82, 2.24) is 0 Å². The van der Waals surface area contributed by atoms with Crippen molar-refractivity contribution >= 4 is 29.5 Å². The fraction of sp³-hybridized carbons (Fsp3) is 0.483. The van der Waals surface area contributed by atoms with Gasteiger partial charge in [-0.15, -0.1) is 6.58 Å². The lowest BCUT2D eigenvalue weighted by Gasteiger charge is -2.32. The molecular weight excluding hydrogens is 524 g/mol. The molecular formula is C29H34O11. The van der Waals surface area contributed by atoms with Crippen LogP contribution in [-0.2, 0) is 59.0 Å². The average Bonchev–Trinajstić information content (AvgIpc) is 3.20. The van der Waals surface area contributed by atoms with Crippen LogP contribution in [0.15, 0.2) is 55.1 Å². The minimum atomic E-state index is -1.42. The van der Waals surface area contributed by atoms with Crippen LogP contribution in [0.1, 0.15) is 39.2 Å². The molecule has 0 amide bonds. The molecule has 0 spiro atoms. The fourth-order valence-electron chi connectivity index (χ4n) is 4.50. The highest BCUT2D eigenvalue weighted by molar-refractivity contribution is 5.97. The second-order valence-corrected chi connectivity index (χ2v) is 9.44. The standard InChI is InChI=1S/C29H34O11/c1-5-9-21-12-13-23(33)26(39-21)29(38-19(4)32)28-25(34)27(36-15-20-10-7-6-8-11-20)24(40-28)14-22(37-18(3)31)16-35-17(2)30/h5-8,10-13,21-22,24,26-29H,1,9,14-16H2,2-4H3/t21-,22?,24?,26+,27+,28-,29-/m1/s1. The number of carbonyl (C=O) groups is 5. The van der Waals surface area contributed by atoms with Crippen molar-refractivity contribution < 1.29 is 52.4 Å². The van der Waals surface area contributed by atoms with Crippen molar-refractivity contribution in [3.8, 4) is 0 Å². The lowest BCUT2D eigenvalue weighted by atomic mass is 9.96. The summed E-state index contributed by atoms with van der Waals surface area (Å²) in [6, 6.07) is 9.11. The Balaban J connectivity index is 1.90. The molecule has 0 bridgehead atoms. The van der Waals surface area contributed by atoms with Crippen molar-refractivity contribution in [3.05, 3.63) is 60.7 Å². The third-order valence-corrected chi connectivity index (χ3v) is 6.17. The van der Waals surface area contributed by atoms with E-state index in [1.165, 1.54) is 19.9 Å². The van der Waals surface area contributed by atoms with Gasteiger partial charge in [0.2, 0.25) is 0 Å². The Labute approximate surface area is 232 Å². The van der Waals surface area contributed by atoms with Crippen LogP contribution in [0.3, 0.4) is 0 Å². The van der Waals surface area contributed by atoms with E-state index in [4.69, 9.17) is 28.4 Å². The Morgan fingerprint density at radius 2 is 1.68 bits per heavy atom. The molecule has 11 nitrogen and oxygen atoms in total. The Morgan fingerprint density at radius 1 is 0.975 bits per heavy atom. The van der Waals surface area contributed by atoms with Crippen LogP contribution in [0.5, 0.6) is 0 Å². The lowest BCUT2D eigenvalue weighted by molar-refractivity contribution is -0.179. The van der Waals surface area contributed by atoms with E-state index in [9.17, 15) is 24.0 Å². The van der Waals surface area contributed by atoms with Crippen molar-refractivity contribution in [2.24, 2.45) is 0 Å². The monoisotopic (exact) mass is 558 g/mol. The van der Waals surface area contributed by atoms with Gasteiger partial charge in [-0.1, -0.05) is 42.5 Å². The Bertz CT molecular complexity index is 1110. The Kier molecular flexibility index (Phi) is 11.3. The Hall–Kier alpha value is -3.67. The normalized spacial score (nSPS) is 25.6. The van der Waals surface area contributed by atoms with E-state index in [0.29, 0.717) is 6.42 Å². The molecule has 2 heterocycles. The van der Waals surface area contributed by atoms with Crippen LogP contribution in [0.2, 0.25) is 0 Å². The van der Waals surface area contributed by atoms with Gasteiger partial charge in [-0.3, -0.25) is 24.0 Å². The van der Waals surface area contributed by atoms with Gasteiger partial charge in [-0.2, -0.15) is 0 Å². The zero-order valence-corrected chi connectivity index (χ0v) is 22.7. The van der Waals surface area contributed by atoms with Crippen LogP contribution >= 0.6 is 0 Å². The molecule has 40 heavy (non-hydrogen) atoms. The summed E-state index contributed by atoms with van der Waals surface area (Å²) in [5.41, 5.74) is 0.786. The second-order valence-electron chi connectivity index (χ2n) is 9.44.